The summed E-state index contributed by atoms with van der Waals surface area (Å²) in [6, 6.07) is 10.8. The minimum absolute atomic E-state index is 0.0883. The standard InChI is InChI=1S/C16H19N3O3/c1-12-10-18(9-8-17-12)11-15-6-7-16(22-15)13-2-4-14(5-3-13)19(20)21/h2-7,12,17H,8-11H2,1H3. The maximum Gasteiger partial charge on any atom is 0.269 e. The van der Waals surface area contributed by atoms with E-state index in [2.05, 4.69) is 17.1 Å². The topological polar surface area (TPSA) is 71.5 Å². The number of hydrogen-bond acceptors (Lipinski definition) is 5. The number of nitro benzene ring substituents is 1. The van der Waals surface area contributed by atoms with Crippen molar-refractivity contribution in [2.75, 3.05) is 19.6 Å². The van der Waals surface area contributed by atoms with Gasteiger partial charge in [-0.2, -0.15) is 0 Å². The predicted octanol–water partition coefficient (Wildman–Crippen LogP) is 2.65. The van der Waals surface area contributed by atoms with Crippen molar-refractivity contribution in [1.82, 2.24) is 10.2 Å². The summed E-state index contributed by atoms with van der Waals surface area (Å²) in [6.07, 6.45) is 0. The van der Waals surface area contributed by atoms with Crippen LogP contribution in [0.3, 0.4) is 0 Å². The van der Waals surface area contributed by atoms with Crippen LogP contribution >= 0.6 is 0 Å². The first-order chi connectivity index (χ1) is 10.6. The number of hydrogen-bond donors (Lipinski definition) is 1. The van der Waals surface area contributed by atoms with Crippen LogP contribution in [0.1, 0.15) is 12.7 Å². The van der Waals surface area contributed by atoms with Gasteiger partial charge in [0.15, 0.2) is 0 Å². The molecule has 1 saturated heterocycles. The lowest BCUT2D eigenvalue weighted by Crippen LogP contribution is -2.48. The van der Waals surface area contributed by atoms with Gasteiger partial charge in [0.1, 0.15) is 11.5 Å². The zero-order valence-corrected chi connectivity index (χ0v) is 12.5. The Labute approximate surface area is 128 Å². The Kier molecular flexibility index (Phi) is 4.22. The molecule has 1 fully saturated rings. The third-order valence-corrected chi connectivity index (χ3v) is 3.86. The molecule has 1 unspecified atom stereocenters. The molecule has 6 heteroatoms. The second-order valence-corrected chi connectivity index (χ2v) is 5.66. The highest BCUT2D eigenvalue weighted by Crippen LogP contribution is 2.25. The second kappa shape index (κ2) is 6.29. The Morgan fingerprint density at radius 2 is 2.09 bits per heavy atom. The highest BCUT2D eigenvalue weighted by molar-refractivity contribution is 5.59. The third-order valence-electron chi connectivity index (χ3n) is 3.86. The second-order valence-electron chi connectivity index (χ2n) is 5.66. The van der Waals surface area contributed by atoms with E-state index >= 15 is 0 Å². The summed E-state index contributed by atoms with van der Waals surface area (Å²) in [5, 5.41) is 14.1. The fourth-order valence-electron chi connectivity index (χ4n) is 2.74. The molecule has 0 aliphatic carbocycles. The summed E-state index contributed by atoms with van der Waals surface area (Å²) < 4.78 is 5.88. The maximum absolute atomic E-state index is 10.7. The van der Waals surface area contributed by atoms with Crippen molar-refractivity contribution in [2.24, 2.45) is 0 Å². The molecule has 0 bridgehead atoms. The number of piperazine rings is 1. The molecule has 1 N–H and O–H groups in total. The molecule has 1 atom stereocenters. The largest absolute Gasteiger partial charge is 0.460 e. The van der Waals surface area contributed by atoms with Gasteiger partial charge in [0, 0.05) is 43.4 Å². The number of furan rings is 1. The van der Waals surface area contributed by atoms with Gasteiger partial charge in [-0.05, 0) is 31.2 Å². The quantitative estimate of drug-likeness (QED) is 0.694. The molecular formula is C16H19N3O3. The Morgan fingerprint density at radius 3 is 2.77 bits per heavy atom. The molecular weight excluding hydrogens is 282 g/mol. The van der Waals surface area contributed by atoms with E-state index < -0.39 is 4.92 Å². The van der Waals surface area contributed by atoms with Crippen LogP contribution in [0.5, 0.6) is 0 Å². The number of nitrogens with one attached hydrogen (secondary N) is 1. The maximum atomic E-state index is 10.7. The molecule has 0 radical (unpaired) electrons. The summed E-state index contributed by atoms with van der Waals surface area (Å²) in [5.74, 6) is 1.66. The lowest BCUT2D eigenvalue weighted by molar-refractivity contribution is -0.384. The van der Waals surface area contributed by atoms with E-state index in [4.69, 9.17) is 4.42 Å². The van der Waals surface area contributed by atoms with E-state index in [9.17, 15) is 10.1 Å². The SMILES string of the molecule is CC1CN(Cc2ccc(-c3ccc([N+](=O)[O-])cc3)o2)CCN1. The summed E-state index contributed by atoms with van der Waals surface area (Å²) in [6.45, 7) is 5.98. The van der Waals surface area contributed by atoms with Gasteiger partial charge in [-0.3, -0.25) is 15.0 Å². The summed E-state index contributed by atoms with van der Waals surface area (Å²) in [4.78, 5) is 12.6. The van der Waals surface area contributed by atoms with Crippen molar-refractivity contribution in [2.45, 2.75) is 19.5 Å². The van der Waals surface area contributed by atoms with Crippen LogP contribution in [0.25, 0.3) is 11.3 Å². The van der Waals surface area contributed by atoms with Crippen LogP contribution in [0.4, 0.5) is 5.69 Å². The van der Waals surface area contributed by atoms with E-state index in [0.717, 1.165) is 43.3 Å². The summed E-state index contributed by atoms with van der Waals surface area (Å²) >= 11 is 0. The predicted molar refractivity (Wildman–Crippen MR) is 83.5 cm³/mol. The molecule has 2 heterocycles. The Hall–Kier alpha value is -2.18. The molecule has 0 amide bonds. The smallest absolute Gasteiger partial charge is 0.269 e. The van der Waals surface area contributed by atoms with Crippen LogP contribution in [-0.4, -0.2) is 35.5 Å². The minimum atomic E-state index is -0.400. The van der Waals surface area contributed by atoms with Gasteiger partial charge in [0.05, 0.1) is 11.5 Å². The summed E-state index contributed by atoms with van der Waals surface area (Å²) in [5.41, 5.74) is 0.941. The molecule has 6 nitrogen and oxygen atoms in total. The molecule has 1 aliphatic rings. The monoisotopic (exact) mass is 301 g/mol. The van der Waals surface area contributed by atoms with Gasteiger partial charge in [0.2, 0.25) is 0 Å². The van der Waals surface area contributed by atoms with Gasteiger partial charge in [-0.15, -0.1) is 0 Å². The summed E-state index contributed by atoms with van der Waals surface area (Å²) in [7, 11) is 0. The van der Waals surface area contributed by atoms with Crippen molar-refractivity contribution in [3.05, 3.63) is 52.3 Å². The molecule has 22 heavy (non-hydrogen) atoms. The molecule has 2 aromatic rings. The molecule has 0 saturated carbocycles. The van der Waals surface area contributed by atoms with Crippen LogP contribution in [0.15, 0.2) is 40.8 Å². The Balaban J connectivity index is 1.69. The van der Waals surface area contributed by atoms with Crippen molar-refractivity contribution < 1.29 is 9.34 Å². The normalized spacial score (nSPS) is 19.2. The van der Waals surface area contributed by atoms with E-state index in [0.29, 0.717) is 6.04 Å². The average molecular weight is 301 g/mol. The van der Waals surface area contributed by atoms with Gasteiger partial charge < -0.3 is 9.73 Å². The first-order valence-electron chi connectivity index (χ1n) is 7.41. The van der Waals surface area contributed by atoms with Crippen LogP contribution in [-0.2, 0) is 6.54 Å². The lowest BCUT2D eigenvalue weighted by atomic mass is 10.1. The van der Waals surface area contributed by atoms with Crippen molar-refractivity contribution >= 4 is 5.69 Å². The van der Waals surface area contributed by atoms with E-state index in [1.807, 2.05) is 12.1 Å². The third kappa shape index (κ3) is 3.35. The van der Waals surface area contributed by atoms with Crippen LogP contribution < -0.4 is 5.32 Å². The first kappa shape index (κ1) is 14.7. The van der Waals surface area contributed by atoms with Gasteiger partial charge in [-0.25, -0.2) is 0 Å². The number of benzene rings is 1. The number of non-ortho nitro benzene ring substituents is 1. The molecule has 1 aromatic carbocycles. The fraction of sp³-hybridized carbons (Fsp3) is 0.375. The molecule has 1 aromatic heterocycles. The molecule has 3 rings (SSSR count). The Morgan fingerprint density at radius 1 is 1.32 bits per heavy atom. The van der Waals surface area contributed by atoms with Crippen molar-refractivity contribution in [1.29, 1.82) is 0 Å². The Bertz CT molecular complexity index is 651. The van der Waals surface area contributed by atoms with Crippen LogP contribution in [0, 0.1) is 10.1 Å². The first-order valence-corrected chi connectivity index (χ1v) is 7.41. The molecule has 116 valence electrons. The minimum Gasteiger partial charge on any atom is -0.460 e. The van der Waals surface area contributed by atoms with E-state index in [-0.39, 0.29) is 5.69 Å². The highest BCUT2D eigenvalue weighted by atomic mass is 16.6. The van der Waals surface area contributed by atoms with Crippen LogP contribution in [0.2, 0.25) is 0 Å². The number of nitro groups is 1. The average Bonchev–Trinajstić information content (AvgIpc) is 2.96. The van der Waals surface area contributed by atoms with Gasteiger partial charge in [-0.1, -0.05) is 0 Å². The van der Waals surface area contributed by atoms with E-state index in [1.54, 1.807) is 12.1 Å². The molecule has 1 aliphatic heterocycles. The number of nitrogens with zero attached hydrogens (tertiary/aromatic N) is 2. The van der Waals surface area contributed by atoms with E-state index in [1.165, 1.54) is 12.1 Å². The van der Waals surface area contributed by atoms with Gasteiger partial charge >= 0.3 is 0 Å². The molecule has 0 spiro atoms. The van der Waals surface area contributed by atoms with Gasteiger partial charge in [0.25, 0.3) is 5.69 Å². The zero-order valence-electron chi connectivity index (χ0n) is 12.5. The zero-order chi connectivity index (χ0) is 15.5. The number of rotatable bonds is 4. The van der Waals surface area contributed by atoms with Crippen molar-refractivity contribution in [3.8, 4) is 11.3 Å². The van der Waals surface area contributed by atoms with Crippen molar-refractivity contribution in [3.63, 3.8) is 0 Å². The highest BCUT2D eigenvalue weighted by Gasteiger charge is 2.17. The lowest BCUT2D eigenvalue weighted by Gasteiger charge is -2.31. The fourth-order valence-corrected chi connectivity index (χ4v) is 2.74.